The molecule has 1 N–H and O–H groups in total. The zero-order valence-corrected chi connectivity index (χ0v) is 17.6. The molecule has 3 rings (SSSR count). The molecule has 0 bridgehead atoms. The lowest BCUT2D eigenvalue weighted by Gasteiger charge is -2.32. The Morgan fingerprint density at radius 2 is 1.15 bits per heavy atom. The van der Waals surface area contributed by atoms with Gasteiger partial charge in [0.15, 0.2) is 9.84 Å². The molecule has 0 saturated heterocycles. The van der Waals surface area contributed by atoms with Gasteiger partial charge in [-0.2, -0.15) is 26.3 Å². The Morgan fingerprint density at radius 3 is 1.61 bits per heavy atom. The van der Waals surface area contributed by atoms with Crippen LogP contribution in [0.25, 0.3) is 0 Å². The van der Waals surface area contributed by atoms with Gasteiger partial charge in [0.05, 0.1) is 10.1 Å². The second-order valence-electron chi connectivity index (χ2n) is 7.36. The summed E-state index contributed by atoms with van der Waals surface area (Å²) in [5.74, 6) is 0. The van der Waals surface area contributed by atoms with E-state index in [1.54, 1.807) is 36.4 Å². The molecular weight excluding hydrogens is 470 g/mol. The second kappa shape index (κ2) is 8.83. The van der Waals surface area contributed by atoms with Crippen LogP contribution in [0.1, 0.15) is 21.9 Å². The highest BCUT2D eigenvalue weighted by Crippen LogP contribution is 2.50. The van der Waals surface area contributed by atoms with Crippen molar-refractivity contribution in [1.82, 2.24) is 0 Å². The molecule has 1 unspecified atom stereocenters. The van der Waals surface area contributed by atoms with Gasteiger partial charge < -0.3 is 5.11 Å². The van der Waals surface area contributed by atoms with E-state index >= 15 is 0 Å². The summed E-state index contributed by atoms with van der Waals surface area (Å²) in [7, 11) is -4.06. The molecule has 0 spiro atoms. The highest BCUT2D eigenvalue weighted by atomic mass is 32.2. The van der Waals surface area contributed by atoms with Gasteiger partial charge in [-0.05, 0) is 29.7 Å². The third-order valence-electron chi connectivity index (χ3n) is 5.23. The maximum atomic E-state index is 13.3. The van der Waals surface area contributed by atoms with E-state index in [4.69, 9.17) is 0 Å². The molecule has 1 atom stereocenters. The molecule has 0 amide bonds. The minimum atomic E-state index is -6.04. The van der Waals surface area contributed by atoms with Crippen LogP contribution in [0, 0.1) is 0 Å². The molecule has 0 aliphatic carbocycles. The number of rotatable bonds is 6. The van der Waals surface area contributed by atoms with Crippen LogP contribution in [0.2, 0.25) is 0 Å². The lowest BCUT2D eigenvalue weighted by atomic mass is 9.91. The third-order valence-corrected chi connectivity index (χ3v) is 7.35. The Labute approximate surface area is 186 Å². The summed E-state index contributed by atoms with van der Waals surface area (Å²) in [6.45, 7) is 0. The Kier molecular flexibility index (Phi) is 6.63. The molecule has 10 heteroatoms. The van der Waals surface area contributed by atoms with Crippen LogP contribution in [0.5, 0.6) is 0 Å². The molecule has 3 aromatic carbocycles. The van der Waals surface area contributed by atoms with Crippen molar-refractivity contribution in [2.24, 2.45) is 0 Å². The summed E-state index contributed by atoms with van der Waals surface area (Å²) in [4.78, 5) is -0.0444. The fourth-order valence-electron chi connectivity index (χ4n) is 3.44. The van der Waals surface area contributed by atoms with Gasteiger partial charge in [-0.15, -0.1) is 0 Å². The minimum absolute atomic E-state index is 0.0156. The Morgan fingerprint density at radius 1 is 0.697 bits per heavy atom. The summed E-state index contributed by atoms with van der Waals surface area (Å²) in [5, 5.41) is 8.30. The predicted octanol–water partition coefficient (Wildman–Crippen LogP) is 5.76. The first kappa shape index (κ1) is 24.8. The van der Waals surface area contributed by atoms with Crippen molar-refractivity contribution in [3.63, 3.8) is 0 Å². The van der Waals surface area contributed by atoms with E-state index in [0.29, 0.717) is 17.7 Å². The smallest absolute Gasteiger partial charge is 0.369 e. The van der Waals surface area contributed by atoms with Crippen molar-refractivity contribution < 1.29 is 39.9 Å². The molecule has 3 nitrogen and oxygen atoms in total. The average molecular weight is 488 g/mol. The molecule has 176 valence electrons. The molecule has 0 saturated carbocycles. The first-order valence-electron chi connectivity index (χ1n) is 9.57. The van der Waals surface area contributed by atoms with E-state index in [2.05, 4.69) is 0 Å². The SMILES string of the molecule is O=S(=O)(c1ccccc1)C(Cc1ccccc1)c1ccc(C(O)(C(F)(F)F)C(F)(F)F)cc1. The number of hydrogen-bond donors (Lipinski definition) is 1. The first-order chi connectivity index (χ1) is 15.3. The monoisotopic (exact) mass is 488 g/mol. The van der Waals surface area contributed by atoms with E-state index in [0.717, 1.165) is 12.1 Å². The van der Waals surface area contributed by atoms with Gasteiger partial charge >= 0.3 is 12.4 Å². The van der Waals surface area contributed by atoms with Crippen molar-refractivity contribution in [3.05, 3.63) is 102 Å². The topological polar surface area (TPSA) is 54.4 Å². The van der Waals surface area contributed by atoms with Crippen LogP contribution < -0.4 is 0 Å². The van der Waals surface area contributed by atoms with Gasteiger partial charge in [-0.3, -0.25) is 0 Å². The van der Waals surface area contributed by atoms with E-state index in [1.807, 2.05) is 0 Å². The van der Waals surface area contributed by atoms with Crippen LogP contribution in [0.4, 0.5) is 26.3 Å². The maximum Gasteiger partial charge on any atom is 0.430 e. The summed E-state index contributed by atoms with van der Waals surface area (Å²) in [5.41, 5.74) is -5.96. The van der Waals surface area contributed by atoms with Crippen LogP contribution in [0.15, 0.2) is 89.8 Å². The van der Waals surface area contributed by atoms with Crippen molar-refractivity contribution in [3.8, 4) is 0 Å². The van der Waals surface area contributed by atoms with Crippen molar-refractivity contribution >= 4 is 9.84 Å². The van der Waals surface area contributed by atoms with Gasteiger partial charge in [0.1, 0.15) is 0 Å². The molecule has 0 heterocycles. The van der Waals surface area contributed by atoms with Crippen LogP contribution in [-0.2, 0) is 21.9 Å². The van der Waals surface area contributed by atoms with Gasteiger partial charge in [-0.25, -0.2) is 8.42 Å². The molecule has 0 fully saturated rings. The number of halogens is 6. The molecule has 0 aliphatic rings. The molecule has 0 aromatic heterocycles. The highest BCUT2D eigenvalue weighted by molar-refractivity contribution is 7.91. The summed E-state index contributed by atoms with van der Waals surface area (Å²) < 4.78 is 106. The van der Waals surface area contributed by atoms with Crippen molar-refractivity contribution in [2.75, 3.05) is 0 Å². The summed E-state index contributed by atoms with van der Waals surface area (Å²) >= 11 is 0. The minimum Gasteiger partial charge on any atom is -0.369 e. The normalized spacial score (nSPS) is 14.2. The van der Waals surface area contributed by atoms with Gasteiger partial charge in [0, 0.05) is 5.56 Å². The maximum absolute atomic E-state index is 13.3. The lowest BCUT2D eigenvalue weighted by Crippen LogP contribution is -2.53. The fraction of sp³-hybridized carbons (Fsp3) is 0.217. The molecule has 33 heavy (non-hydrogen) atoms. The molecule has 3 aromatic rings. The zero-order chi connectivity index (χ0) is 24.5. The van der Waals surface area contributed by atoms with Crippen molar-refractivity contribution in [2.45, 2.75) is 34.5 Å². The quantitative estimate of drug-likeness (QED) is 0.449. The number of aliphatic hydroxyl groups is 1. The van der Waals surface area contributed by atoms with Crippen LogP contribution in [-0.4, -0.2) is 25.9 Å². The Hall–Kier alpha value is -2.85. The lowest BCUT2D eigenvalue weighted by molar-refractivity contribution is -0.376. The van der Waals surface area contributed by atoms with Gasteiger partial charge in [-0.1, -0.05) is 72.8 Å². The van der Waals surface area contributed by atoms with E-state index < -0.39 is 38.6 Å². The Balaban J connectivity index is 2.10. The van der Waals surface area contributed by atoms with E-state index in [9.17, 15) is 39.9 Å². The van der Waals surface area contributed by atoms with Crippen molar-refractivity contribution in [1.29, 1.82) is 0 Å². The Bertz CT molecular complexity index is 1160. The fourth-order valence-corrected chi connectivity index (χ4v) is 5.23. The summed E-state index contributed by atoms with van der Waals surface area (Å²) in [6.07, 6.45) is -12.1. The zero-order valence-electron chi connectivity index (χ0n) is 16.8. The largest absolute Gasteiger partial charge is 0.430 e. The second-order valence-corrected chi connectivity index (χ2v) is 9.49. The summed E-state index contributed by atoms with van der Waals surface area (Å²) in [6, 6.07) is 18.4. The number of hydrogen-bond acceptors (Lipinski definition) is 3. The van der Waals surface area contributed by atoms with Crippen LogP contribution in [0.3, 0.4) is 0 Å². The number of alkyl halides is 6. The van der Waals surface area contributed by atoms with E-state index in [1.165, 1.54) is 24.3 Å². The number of sulfone groups is 1. The van der Waals surface area contributed by atoms with E-state index in [-0.39, 0.29) is 16.9 Å². The van der Waals surface area contributed by atoms with Crippen LogP contribution >= 0.6 is 0 Å². The molecular formula is C23H18F6O3S. The number of benzene rings is 3. The molecule has 0 radical (unpaired) electrons. The first-order valence-corrected chi connectivity index (χ1v) is 11.1. The van der Waals surface area contributed by atoms with Gasteiger partial charge in [0.2, 0.25) is 0 Å². The predicted molar refractivity (Wildman–Crippen MR) is 109 cm³/mol. The molecule has 0 aliphatic heterocycles. The highest BCUT2D eigenvalue weighted by Gasteiger charge is 2.71. The average Bonchev–Trinajstić information content (AvgIpc) is 2.77. The third kappa shape index (κ3) is 4.77. The standard InChI is InChI=1S/C23H18F6O3S/c24-22(25,26)21(30,23(27,28)29)18-13-11-17(12-14-18)20(15-16-7-3-1-4-8-16)33(31,32)19-9-5-2-6-10-19/h1-14,20,30H,15H2. The van der Waals surface area contributed by atoms with Gasteiger partial charge in [0.25, 0.3) is 5.60 Å².